The molecule has 7 heteroatoms. The van der Waals surface area contributed by atoms with Crippen molar-refractivity contribution in [3.8, 4) is 0 Å². The van der Waals surface area contributed by atoms with Gasteiger partial charge in [-0.05, 0) is 44.2 Å². The molecule has 1 aromatic rings. The Morgan fingerprint density at radius 1 is 1.38 bits per heavy atom. The molecule has 3 rings (SSSR count). The number of carbonyl (C=O) groups is 1. The van der Waals surface area contributed by atoms with Crippen LogP contribution in [0.3, 0.4) is 0 Å². The first-order valence-electron chi connectivity index (χ1n) is 9.27. The lowest BCUT2D eigenvalue weighted by atomic mass is 9.95. The number of nitrogens with zero attached hydrogens (tertiary/aromatic N) is 2. The van der Waals surface area contributed by atoms with Gasteiger partial charge in [-0.15, -0.1) is 0 Å². The van der Waals surface area contributed by atoms with Gasteiger partial charge >= 0.3 is 0 Å². The summed E-state index contributed by atoms with van der Waals surface area (Å²) < 4.78 is 28.0. The van der Waals surface area contributed by atoms with E-state index in [0.717, 1.165) is 31.9 Å². The lowest BCUT2D eigenvalue weighted by Crippen LogP contribution is -2.48. The molecule has 0 spiro atoms. The maximum atomic E-state index is 14.0. The molecule has 2 fully saturated rings. The summed E-state index contributed by atoms with van der Waals surface area (Å²) in [6, 6.07) is 3.96. The first-order valence-corrected chi connectivity index (χ1v) is 9.27. The smallest absolute Gasteiger partial charge is 0.217 e. The Labute approximate surface area is 152 Å². The van der Waals surface area contributed by atoms with E-state index in [0.29, 0.717) is 19.4 Å². The van der Waals surface area contributed by atoms with E-state index in [4.69, 9.17) is 5.73 Å². The third kappa shape index (κ3) is 4.31. The van der Waals surface area contributed by atoms with Crippen LogP contribution in [0.1, 0.15) is 44.1 Å². The monoisotopic (exact) mass is 364 g/mol. The summed E-state index contributed by atoms with van der Waals surface area (Å²) in [5, 5.41) is 3.36. The normalized spacial score (nSPS) is 25.9. The van der Waals surface area contributed by atoms with Crippen LogP contribution in [0, 0.1) is 17.6 Å². The van der Waals surface area contributed by atoms with Crippen LogP contribution in [-0.4, -0.2) is 42.4 Å². The summed E-state index contributed by atoms with van der Waals surface area (Å²) in [6.07, 6.45) is 3.01. The Morgan fingerprint density at radius 3 is 2.77 bits per heavy atom. The third-order valence-corrected chi connectivity index (χ3v) is 5.09. The van der Waals surface area contributed by atoms with Crippen molar-refractivity contribution in [2.24, 2.45) is 16.6 Å². The molecular weight excluding hydrogens is 338 g/mol. The number of rotatable bonds is 5. The summed E-state index contributed by atoms with van der Waals surface area (Å²) in [4.78, 5) is 17.9. The second kappa shape index (κ2) is 8.01. The molecule has 3 N–H and O–H groups in total. The molecule has 0 aromatic heterocycles. The number of carbonyl (C=O) groups excluding carboxylic acids is 1. The fraction of sp³-hybridized carbons (Fsp3) is 0.579. The van der Waals surface area contributed by atoms with Gasteiger partial charge in [0.15, 0.2) is 5.96 Å². The van der Waals surface area contributed by atoms with E-state index in [1.807, 2.05) is 6.92 Å². The Balaban J connectivity index is 1.65. The van der Waals surface area contributed by atoms with E-state index >= 15 is 0 Å². The minimum absolute atomic E-state index is 0.0248. The van der Waals surface area contributed by atoms with Crippen molar-refractivity contribution >= 4 is 11.9 Å². The molecule has 0 bridgehead atoms. The zero-order valence-corrected chi connectivity index (χ0v) is 15.0. The topological polar surface area (TPSA) is 70.7 Å². The number of hydrogen-bond donors (Lipinski definition) is 2. The van der Waals surface area contributed by atoms with Crippen molar-refractivity contribution in [2.75, 3.05) is 19.6 Å². The molecule has 1 aliphatic carbocycles. The average Bonchev–Trinajstić information content (AvgIpc) is 3.33. The summed E-state index contributed by atoms with van der Waals surface area (Å²) in [7, 11) is 0. The number of amides is 1. The Kier molecular flexibility index (Phi) is 5.74. The van der Waals surface area contributed by atoms with E-state index in [1.165, 1.54) is 18.2 Å². The van der Waals surface area contributed by atoms with Gasteiger partial charge in [0, 0.05) is 43.6 Å². The summed E-state index contributed by atoms with van der Waals surface area (Å²) in [5.41, 5.74) is 5.49. The first kappa shape index (κ1) is 18.6. The lowest BCUT2D eigenvalue weighted by molar-refractivity contribution is -0.119. The SMILES string of the molecule is CCN=C(NC1CC1c1c(F)cccc1F)N1CCCC(CC(N)=O)C1. The fourth-order valence-electron chi connectivity index (χ4n) is 3.80. The summed E-state index contributed by atoms with van der Waals surface area (Å²) in [6.45, 7) is 4.14. The minimum atomic E-state index is -0.493. The predicted octanol–water partition coefficient (Wildman–Crippen LogP) is 2.37. The highest BCUT2D eigenvalue weighted by Gasteiger charge is 2.43. The lowest BCUT2D eigenvalue weighted by Gasteiger charge is -2.35. The molecule has 1 heterocycles. The second-order valence-electron chi connectivity index (χ2n) is 7.15. The van der Waals surface area contributed by atoms with Crippen LogP contribution in [0.15, 0.2) is 23.2 Å². The highest BCUT2D eigenvalue weighted by Crippen LogP contribution is 2.43. The van der Waals surface area contributed by atoms with Gasteiger partial charge in [0.2, 0.25) is 5.91 Å². The van der Waals surface area contributed by atoms with Crippen LogP contribution in [0.2, 0.25) is 0 Å². The molecule has 5 nitrogen and oxygen atoms in total. The first-order chi connectivity index (χ1) is 12.5. The Bertz CT molecular complexity index is 674. The van der Waals surface area contributed by atoms with Crippen molar-refractivity contribution in [3.05, 3.63) is 35.4 Å². The van der Waals surface area contributed by atoms with Crippen LogP contribution < -0.4 is 11.1 Å². The van der Waals surface area contributed by atoms with Crippen molar-refractivity contribution in [2.45, 2.75) is 44.6 Å². The molecule has 26 heavy (non-hydrogen) atoms. The third-order valence-electron chi connectivity index (χ3n) is 5.09. The van der Waals surface area contributed by atoms with E-state index < -0.39 is 11.6 Å². The number of nitrogens with two attached hydrogens (primary N) is 1. The van der Waals surface area contributed by atoms with Gasteiger partial charge in [0.25, 0.3) is 0 Å². The molecule has 1 saturated carbocycles. The van der Waals surface area contributed by atoms with Crippen LogP contribution >= 0.6 is 0 Å². The van der Waals surface area contributed by atoms with Crippen LogP contribution in [0.4, 0.5) is 8.78 Å². The molecule has 1 amide bonds. The number of likely N-dealkylation sites (tertiary alicyclic amines) is 1. The summed E-state index contributed by atoms with van der Waals surface area (Å²) in [5.74, 6) is -0.462. The van der Waals surface area contributed by atoms with E-state index in [9.17, 15) is 13.6 Å². The van der Waals surface area contributed by atoms with Gasteiger partial charge in [-0.25, -0.2) is 8.78 Å². The zero-order valence-electron chi connectivity index (χ0n) is 15.0. The van der Waals surface area contributed by atoms with E-state index in [2.05, 4.69) is 15.2 Å². The van der Waals surface area contributed by atoms with Gasteiger partial charge in [-0.3, -0.25) is 9.79 Å². The maximum Gasteiger partial charge on any atom is 0.217 e. The molecule has 1 aromatic carbocycles. The number of primary amides is 1. The van der Waals surface area contributed by atoms with Gasteiger partial charge in [0.05, 0.1) is 0 Å². The number of halogens is 2. The number of piperidine rings is 1. The highest BCUT2D eigenvalue weighted by atomic mass is 19.1. The summed E-state index contributed by atoms with van der Waals surface area (Å²) >= 11 is 0. The average molecular weight is 364 g/mol. The molecule has 3 atom stereocenters. The fourth-order valence-corrected chi connectivity index (χ4v) is 3.80. The van der Waals surface area contributed by atoms with E-state index in [1.54, 1.807) is 0 Å². The second-order valence-corrected chi connectivity index (χ2v) is 7.15. The van der Waals surface area contributed by atoms with Crippen molar-refractivity contribution in [1.29, 1.82) is 0 Å². The number of aliphatic imine (C=N–C) groups is 1. The van der Waals surface area contributed by atoms with Crippen molar-refractivity contribution in [3.63, 3.8) is 0 Å². The number of guanidine groups is 1. The van der Waals surface area contributed by atoms with Crippen LogP contribution in [-0.2, 0) is 4.79 Å². The Morgan fingerprint density at radius 2 is 2.12 bits per heavy atom. The number of benzene rings is 1. The quantitative estimate of drug-likeness (QED) is 0.622. The largest absolute Gasteiger partial charge is 0.370 e. The van der Waals surface area contributed by atoms with Gasteiger partial charge in [-0.1, -0.05) is 6.07 Å². The highest BCUT2D eigenvalue weighted by molar-refractivity contribution is 5.81. The standard InChI is InChI=1S/C19H26F2N4O/c1-2-23-19(25-8-4-5-12(11-25)9-17(22)26)24-16-10-13(16)18-14(20)6-3-7-15(18)21/h3,6-7,12-13,16H,2,4-5,8-11H2,1H3,(H2,22,26)(H,23,24). The molecule has 3 unspecified atom stereocenters. The molecule has 1 saturated heterocycles. The minimum Gasteiger partial charge on any atom is -0.370 e. The van der Waals surface area contributed by atoms with Crippen LogP contribution in [0.25, 0.3) is 0 Å². The predicted molar refractivity (Wildman–Crippen MR) is 96.7 cm³/mol. The zero-order chi connectivity index (χ0) is 18.7. The number of nitrogens with one attached hydrogen (secondary N) is 1. The van der Waals surface area contributed by atoms with Gasteiger partial charge in [0.1, 0.15) is 11.6 Å². The molecule has 2 aliphatic rings. The molecule has 0 radical (unpaired) electrons. The maximum absolute atomic E-state index is 14.0. The number of hydrogen-bond acceptors (Lipinski definition) is 2. The van der Waals surface area contributed by atoms with Gasteiger partial charge < -0.3 is 16.0 Å². The molecule has 1 aliphatic heterocycles. The van der Waals surface area contributed by atoms with Crippen molar-refractivity contribution < 1.29 is 13.6 Å². The van der Waals surface area contributed by atoms with Crippen LogP contribution in [0.5, 0.6) is 0 Å². The van der Waals surface area contributed by atoms with E-state index in [-0.39, 0.29) is 29.3 Å². The molecular formula is C19H26F2N4O. The van der Waals surface area contributed by atoms with Gasteiger partial charge in [-0.2, -0.15) is 0 Å². The van der Waals surface area contributed by atoms with Crippen molar-refractivity contribution in [1.82, 2.24) is 10.2 Å². The molecule has 142 valence electrons. The Hall–Kier alpha value is -2.18.